The van der Waals surface area contributed by atoms with Gasteiger partial charge in [0.1, 0.15) is 5.75 Å². The SMILES string of the molecule is CCc1ccc(OCC(=O)N(CC(C)C(=O)OC)C(CC)CO)cc1. The van der Waals surface area contributed by atoms with E-state index in [9.17, 15) is 14.7 Å². The van der Waals surface area contributed by atoms with Gasteiger partial charge in [0.2, 0.25) is 0 Å². The van der Waals surface area contributed by atoms with Gasteiger partial charge in [0, 0.05) is 6.54 Å². The number of aryl methyl sites for hydroxylation is 1. The van der Waals surface area contributed by atoms with Gasteiger partial charge in [0.15, 0.2) is 6.61 Å². The van der Waals surface area contributed by atoms with E-state index in [4.69, 9.17) is 9.47 Å². The summed E-state index contributed by atoms with van der Waals surface area (Å²) in [6, 6.07) is 7.22. The van der Waals surface area contributed by atoms with Gasteiger partial charge in [0.25, 0.3) is 5.91 Å². The maximum atomic E-state index is 12.6. The number of methoxy groups -OCH3 is 1. The Hall–Kier alpha value is -2.08. The Bertz CT molecular complexity index is 539. The molecule has 0 radical (unpaired) electrons. The molecule has 1 aromatic carbocycles. The molecule has 0 saturated carbocycles. The van der Waals surface area contributed by atoms with Crippen LogP contribution < -0.4 is 4.74 Å². The Kier molecular flexibility index (Phi) is 8.99. The van der Waals surface area contributed by atoms with Crippen molar-refractivity contribution in [1.82, 2.24) is 4.90 Å². The zero-order chi connectivity index (χ0) is 18.8. The third-order valence-electron chi connectivity index (χ3n) is 4.21. The predicted octanol–water partition coefficient (Wildman–Crippen LogP) is 2.04. The molecule has 6 heteroatoms. The summed E-state index contributed by atoms with van der Waals surface area (Å²) in [5, 5.41) is 9.55. The molecule has 25 heavy (non-hydrogen) atoms. The number of carbonyl (C=O) groups is 2. The summed E-state index contributed by atoms with van der Waals surface area (Å²) in [6.07, 6.45) is 1.52. The molecule has 0 fully saturated rings. The van der Waals surface area contributed by atoms with Crippen LogP contribution in [0.3, 0.4) is 0 Å². The third kappa shape index (κ3) is 6.38. The van der Waals surface area contributed by atoms with E-state index in [2.05, 4.69) is 6.92 Å². The van der Waals surface area contributed by atoms with Crippen molar-refractivity contribution < 1.29 is 24.2 Å². The fraction of sp³-hybridized carbons (Fsp3) is 0.579. The summed E-state index contributed by atoms with van der Waals surface area (Å²) < 4.78 is 10.3. The largest absolute Gasteiger partial charge is 0.484 e. The number of esters is 1. The van der Waals surface area contributed by atoms with E-state index in [-0.39, 0.29) is 37.7 Å². The highest BCUT2D eigenvalue weighted by Gasteiger charge is 2.27. The molecule has 0 spiro atoms. The lowest BCUT2D eigenvalue weighted by Gasteiger charge is -2.31. The van der Waals surface area contributed by atoms with Crippen LogP contribution >= 0.6 is 0 Å². The number of aliphatic hydroxyl groups excluding tert-OH is 1. The van der Waals surface area contributed by atoms with Crippen molar-refractivity contribution in [1.29, 1.82) is 0 Å². The van der Waals surface area contributed by atoms with E-state index in [1.807, 2.05) is 31.2 Å². The molecule has 0 aliphatic carbocycles. The van der Waals surface area contributed by atoms with Crippen LogP contribution in [0.25, 0.3) is 0 Å². The maximum Gasteiger partial charge on any atom is 0.310 e. The van der Waals surface area contributed by atoms with E-state index in [1.165, 1.54) is 17.6 Å². The molecule has 1 rings (SSSR count). The third-order valence-corrected chi connectivity index (χ3v) is 4.21. The number of hydrogen-bond acceptors (Lipinski definition) is 5. The van der Waals surface area contributed by atoms with Crippen LogP contribution in [0, 0.1) is 5.92 Å². The van der Waals surface area contributed by atoms with E-state index >= 15 is 0 Å². The van der Waals surface area contributed by atoms with E-state index in [0.717, 1.165) is 6.42 Å². The van der Waals surface area contributed by atoms with Gasteiger partial charge in [0.05, 0.1) is 25.7 Å². The van der Waals surface area contributed by atoms with Crippen molar-refractivity contribution in [2.75, 3.05) is 26.9 Å². The highest BCUT2D eigenvalue weighted by molar-refractivity contribution is 5.79. The summed E-state index contributed by atoms with van der Waals surface area (Å²) in [5.41, 5.74) is 1.19. The van der Waals surface area contributed by atoms with Crippen molar-refractivity contribution in [2.24, 2.45) is 5.92 Å². The van der Waals surface area contributed by atoms with Gasteiger partial charge >= 0.3 is 5.97 Å². The monoisotopic (exact) mass is 351 g/mol. The van der Waals surface area contributed by atoms with Crippen molar-refractivity contribution in [3.8, 4) is 5.75 Å². The predicted molar refractivity (Wildman–Crippen MR) is 95.4 cm³/mol. The summed E-state index contributed by atoms with van der Waals surface area (Å²) in [7, 11) is 1.32. The van der Waals surface area contributed by atoms with Gasteiger partial charge in [-0.15, -0.1) is 0 Å². The lowest BCUT2D eigenvalue weighted by Crippen LogP contribution is -2.47. The minimum absolute atomic E-state index is 0.143. The van der Waals surface area contributed by atoms with E-state index in [0.29, 0.717) is 12.2 Å². The smallest absolute Gasteiger partial charge is 0.310 e. The summed E-state index contributed by atoms with van der Waals surface area (Å²) in [5.74, 6) is -0.514. The second-order valence-corrected chi connectivity index (χ2v) is 6.00. The quantitative estimate of drug-likeness (QED) is 0.653. The molecule has 0 aliphatic rings. The number of ether oxygens (including phenoxy) is 2. The van der Waals surface area contributed by atoms with Gasteiger partial charge in [-0.1, -0.05) is 32.9 Å². The molecule has 140 valence electrons. The van der Waals surface area contributed by atoms with Crippen LogP contribution in [0.15, 0.2) is 24.3 Å². The molecular formula is C19H29NO5. The molecular weight excluding hydrogens is 322 g/mol. The summed E-state index contributed by atoms with van der Waals surface area (Å²) in [4.78, 5) is 25.7. The van der Waals surface area contributed by atoms with Crippen molar-refractivity contribution >= 4 is 11.9 Å². The van der Waals surface area contributed by atoms with Gasteiger partial charge in [-0.2, -0.15) is 0 Å². The molecule has 0 aliphatic heterocycles. The number of benzene rings is 1. The lowest BCUT2D eigenvalue weighted by atomic mass is 10.1. The molecule has 2 unspecified atom stereocenters. The van der Waals surface area contributed by atoms with Crippen LogP contribution in [-0.4, -0.2) is 54.8 Å². The molecule has 2 atom stereocenters. The fourth-order valence-electron chi connectivity index (χ4n) is 2.52. The van der Waals surface area contributed by atoms with Crippen LogP contribution in [0.1, 0.15) is 32.8 Å². The fourth-order valence-corrected chi connectivity index (χ4v) is 2.52. The van der Waals surface area contributed by atoms with Crippen LogP contribution in [0.5, 0.6) is 5.75 Å². The van der Waals surface area contributed by atoms with Gasteiger partial charge in [-0.3, -0.25) is 9.59 Å². The van der Waals surface area contributed by atoms with Gasteiger partial charge in [-0.05, 0) is 30.5 Å². The Balaban J connectivity index is 2.74. The van der Waals surface area contributed by atoms with Crippen LogP contribution in [0.4, 0.5) is 0 Å². The van der Waals surface area contributed by atoms with Crippen molar-refractivity contribution in [3.63, 3.8) is 0 Å². The number of carbonyl (C=O) groups excluding carboxylic acids is 2. The van der Waals surface area contributed by atoms with Crippen LogP contribution in [0.2, 0.25) is 0 Å². The molecule has 6 nitrogen and oxygen atoms in total. The first-order valence-electron chi connectivity index (χ1n) is 8.66. The van der Waals surface area contributed by atoms with Gasteiger partial charge in [-0.25, -0.2) is 0 Å². The molecule has 1 aromatic rings. The highest BCUT2D eigenvalue weighted by Crippen LogP contribution is 2.14. The molecule has 0 heterocycles. The molecule has 0 saturated heterocycles. The zero-order valence-corrected chi connectivity index (χ0v) is 15.5. The standard InChI is InChI=1S/C19H29NO5/c1-5-15-7-9-17(10-8-15)25-13-18(22)20(16(6-2)12-21)11-14(3)19(23)24-4/h7-10,14,16,21H,5-6,11-13H2,1-4H3. The second-order valence-electron chi connectivity index (χ2n) is 6.00. The second kappa shape index (κ2) is 10.7. The molecule has 1 N–H and O–H groups in total. The number of amides is 1. The first kappa shape index (κ1) is 21.0. The van der Waals surface area contributed by atoms with Crippen LogP contribution in [-0.2, 0) is 20.7 Å². The van der Waals surface area contributed by atoms with Gasteiger partial charge < -0.3 is 19.5 Å². The lowest BCUT2D eigenvalue weighted by molar-refractivity contribution is -0.148. The number of rotatable bonds is 10. The minimum atomic E-state index is -0.474. The molecule has 1 amide bonds. The Morgan fingerprint density at radius 3 is 2.32 bits per heavy atom. The molecule has 0 aromatic heterocycles. The molecule has 0 bridgehead atoms. The normalized spacial score (nSPS) is 13.0. The number of hydrogen-bond donors (Lipinski definition) is 1. The minimum Gasteiger partial charge on any atom is -0.484 e. The Morgan fingerprint density at radius 2 is 1.84 bits per heavy atom. The summed E-state index contributed by atoms with van der Waals surface area (Å²) in [6.45, 7) is 5.52. The van der Waals surface area contributed by atoms with Crippen molar-refractivity contribution in [2.45, 2.75) is 39.7 Å². The van der Waals surface area contributed by atoms with Crippen molar-refractivity contribution in [3.05, 3.63) is 29.8 Å². The first-order valence-corrected chi connectivity index (χ1v) is 8.66. The first-order chi connectivity index (χ1) is 12.0. The van der Waals surface area contributed by atoms with E-state index in [1.54, 1.807) is 6.92 Å². The highest BCUT2D eigenvalue weighted by atomic mass is 16.5. The average molecular weight is 351 g/mol. The number of nitrogens with zero attached hydrogens (tertiary/aromatic N) is 1. The average Bonchev–Trinajstić information content (AvgIpc) is 2.65. The maximum absolute atomic E-state index is 12.6. The topological polar surface area (TPSA) is 76.1 Å². The Morgan fingerprint density at radius 1 is 1.20 bits per heavy atom. The Labute approximate surface area is 149 Å². The zero-order valence-electron chi connectivity index (χ0n) is 15.5. The summed E-state index contributed by atoms with van der Waals surface area (Å²) >= 11 is 0. The number of aliphatic hydroxyl groups is 1. The van der Waals surface area contributed by atoms with E-state index < -0.39 is 5.92 Å².